The van der Waals surface area contributed by atoms with Gasteiger partial charge in [-0.1, -0.05) is 6.07 Å². The molecule has 0 spiro atoms. The second kappa shape index (κ2) is 8.82. The number of hydrogen-bond donors (Lipinski definition) is 2. The van der Waals surface area contributed by atoms with Gasteiger partial charge in [0.25, 0.3) is 5.91 Å². The van der Waals surface area contributed by atoms with Gasteiger partial charge in [-0.25, -0.2) is 0 Å². The largest absolute Gasteiger partial charge is 0.416 e. The van der Waals surface area contributed by atoms with Crippen LogP contribution in [-0.4, -0.2) is 48.4 Å². The number of alkyl halides is 3. The van der Waals surface area contributed by atoms with Crippen molar-refractivity contribution in [2.75, 3.05) is 19.6 Å². The number of hydrogen-bond acceptors (Lipinski definition) is 4. The van der Waals surface area contributed by atoms with E-state index in [1.165, 1.54) is 12.1 Å². The van der Waals surface area contributed by atoms with Crippen LogP contribution < -0.4 is 10.6 Å². The van der Waals surface area contributed by atoms with Crippen LogP contribution >= 0.6 is 0 Å². The molecule has 0 aromatic heterocycles. The lowest BCUT2D eigenvalue weighted by Gasteiger charge is -2.45. The Balaban J connectivity index is 1.62. The third-order valence-corrected chi connectivity index (χ3v) is 5.57. The zero-order chi connectivity index (χ0) is 21.0. The highest BCUT2D eigenvalue weighted by Crippen LogP contribution is 2.30. The Hall–Kier alpha value is -2.60. The Morgan fingerprint density at radius 3 is 2.41 bits per heavy atom. The molecule has 1 aliphatic carbocycles. The van der Waals surface area contributed by atoms with Gasteiger partial charge in [0.2, 0.25) is 5.91 Å². The van der Waals surface area contributed by atoms with E-state index in [1.807, 2.05) is 0 Å². The van der Waals surface area contributed by atoms with E-state index in [0.29, 0.717) is 13.1 Å². The van der Waals surface area contributed by atoms with E-state index in [0.717, 1.165) is 37.8 Å². The molecule has 2 aliphatic rings. The van der Waals surface area contributed by atoms with Crippen LogP contribution in [-0.2, 0) is 11.0 Å². The quantitative estimate of drug-likeness (QED) is 0.783. The Bertz CT molecular complexity index is 794. The molecule has 2 fully saturated rings. The Morgan fingerprint density at radius 1 is 1.17 bits per heavy atom. The van der Waals surface area contributed by atoms with Gasteiger partial charge >= 0.3 is 6.18 Å². The van der Waals surface area contributed by atoms with E-state index in [1.54, 1.807) is 4.90 Å². The summed E-state index contributed by atoms with van der Waals surface area (Å²) < 4.78 is 38.5. The second-order valence-corrected chi connectivity index (χ2v) is 7.51. The summed E-state index contributed by atoms with van der Waals surface area (Å²) in [4.78, 5) is 26.9. The van der Waals surface area contributed by atoms with Gasteiger partial charge in [-0.15, -0.1) is 0 Å². The summed E-state index contributed by atoms with van der Waals surface area (Å²) in [5.41, 5.74) is -1.05. The van der Waals surface area contributed by atoms with Crippen LogP contribution in [0.15, 0.2) is 24.3 Å². The molecular formula is C20H23F3N4O2. The number of carbonyl (C=O) groups excluding carboxylic acids is 2. The van der Waals surface area contributed by atoms with Gasteiger partial charge in [0, 0.05) is 30.6 Å². The minimum absolute atomic E-state index is 0.0170. The summed E-state index contributed by atoms with van der Waals surface area (Å²) >= 11 is 0. The molecule has 9 heteroatoms. The molecule has 2 N–H and O–H groups in total. The predicted molar refractivity (Wildman–Crippen MR) is 98.6 cm³/mol. The Labute approximate surface area is 167 Å². The minimum atomic E-state index is -4.54. The fraction of sp³-hybridized carbons (Fsp3) is 0.550. The SMILES string of the molecule is N#CC1CCC(N(C(=O)CNC(=O)c2cccc(C(F)(F)F)c2)C2CNC2)CC1. The lowest BCUT2D eigenvalue weighted by atomic mass is 9.85. The summed E-state index contributed by atoms with van der Waals surface area (Å²) in [5.74, 6) is -0.954. The van der Waals surface area contributed by atoms with Gasteiger partial charge in [0.05, 0.1) is 24.2 Å². The zero-order valence-corrected chi connectivity index (χ0v) is 15.8. The molecule has 6 nitrogen and oxygen atoms in total. The molecule has 156 valence electrons. The van der Waals surface area contributed by atoms with Gasteiger partial charge in [0.1, 0.15) is 0 Å². The number of rotatable bonds is 5. The van der Waals surface area contributed by atoms with Gasteiger partial charge in [-0.2, -0.15) is 18.4 Å². The van der Waals surface area contributed by atoms with Crippen molar-refractivity contribution in [3.63, 3.8) is 0 Å². The van der Waals surface area contributed by atoms with E-state index in [4.69, 9.17) is 5.26 Å². The number of benzene rings is 1. The van der Waals surface area contributed by atoms with E-state index in [9.17, 15) is 22.8 Å². The smallest absolute Gasteiger partial charge is 0.343 e. The summed E-state index contributed by atoms with van der Waals surface area (Å²) in [6.07, 6.45) is -1.59. The van der Waals surface area contributed by atoms with Gasteiger partial charge in [-0.05, 0) is 43.9 Å². The number of halogens is 3. The van der Waals surface area contributed by atoms with Crippen molar-refractivity contribution in [2.24, 2.45) is 5.92 Å². The van der Waals surface area contributed by atoms with E-state index >= 15 is 0 Å². The highest BCUT2D eigenvalue weighted by molar-refractivity contribution is 5.96. The molecule has 1 aliphatic heterocycles. The molecule has 1 aromatic rings. The van der Waals surface area contributed by atoms with E-state index < -0.39 is 17.6 Å². The van der Waals surface area contributed by atoms with Crippen LogP contribution in [0.25, 0.3) is 0 Å². The van der Waals surface area contributed by atoms with Crippen molar-refractivity contribution < 1.29 is 22.8 Å². The molecule has 2 amide bonds. The fourth-order valence-electron chi connectivity index (χ4n) is 3.84. The van der Waals surface area contributed by atoms with Crippen molar-refractivity contribution in [1.29, 1.82) is 5.26 Å². The molecule has 29 heavy (non-hydrogen) atoms. The summed E-state index contributed by atoms with van der Waals surface area (Å²) in [5, 5.41) is 14.6. The van der Waals surface area contributed by atoms with Crippen LogP contribution in [0.2, 0.25) is 0 Å². The van der Waals surface area contributed by atoms with Crippen LogP contribution in [0, 0.1) is 17.2 Å². The third-order valence-electron chi connectivity index (χ3n) is 5.57. The van der Waals surface area contributed by atoms with Crippen molar-refractivity contribution in [3.8, 4) is 6.07 Å². The number of amides is 2. The highest BCUT2D eigenvalue weighted by Gasteiger charge is 2.36. The summed E-state index contributed by atoms with van der Waals surface area (Å²) in [7, 11) is 0. The Morgan fingerprint density at radius 2 is 1.86 bits per heavy atom. The lowest BCUT2D eigenvalue weighted by molar-refractivity contribution is -0.138. The zero-order valence-electron chi connectivity index (χ0n) is 15.8. The van der Waals surface area contributed by atoms with E-state index in [-0.39, 0.29) is 36.0 Å². The second-order valence-electron chi connectivity index (χ2n) is 7.51. The summed E-state index contributed by atoms with van der Waals surface area (Å²) in [6, 6.07) is 6.44. The first-order valence-corrected chi connectivity index (χ1v) is 9.66. The van der Waals surface area contributed by atoms with Crippen molar-refractivity contribution in [2.45, 2.75) is 43.9 Å². The fourth-order valence-corrected chi connectivity index (χ4v) is 3.84. The number of nitrogens with zero attached hydrogens (tertiary/aromatic N) is 2. The third kappa shape index (κ3) is 5.07. The molecule has 0 unspecified atom stereocenters. The molecule has 3 rings (SSSR count). The van der Waals surface area contributed by atoms with Crippen molar-refractivity contribution >= 4 is 11.8 Å². The number of nitriles is 1. The lowest BCUT2D eigenvalue weighted by Crippen LogP contribution is -2.63. The first-order valence-electron chi connectivity index (χ1n) is 9.66. The summed E-state index contributed by atoms with van der Waals surface area (Å²) in [6.45, 7) is 1.07. The maximum atomic E-state index is 12.8. The Kier molecular flexibility index (Phi) is 6.42. The van der Waals surface area contributed by atoms with Crippen LogP contribution in [0.4, 0.5) is 13.2 Å². The van der Waals surface area contributed by atoms with Gasteiger partial charge < -0.3 is 15.5 Å². The topological polar surface area (TPSA) is 85.2 Å². The number of carbonyl (C=O) groups is 2. The standard InChI is InChI=1S/C20H23F3N4O2/c21-20(22,23)15-3-1-2-14(8-15)19(29)26-12-18(28)27(17-10-25-11-17)16-6-4-13(9-24)5-7-16/h1-3,8,13,16-17,25H,4-7,10-12H2,(H,26,29). The molecule has 0 atom stereocenters. The maximum Gasteiger partial charge on any atom is 0.416 e. The normalized spacial score (nSPS) is 22.3. The van der Waals surface area contributed by atoms with Crippen molar-refractivity contribution in [1.82, 2.24) is 15.5 Å². The average molecular weight is 408 g/mol. The average Bonchev–Trinajstić information content (AvgIpc) is 2.68. The van der Waals surface area contributed by atoms with Crippen LogP contribution in [0.1, 0.15) is 41.6 Å². The molecular weight excluding hydrogens is 385 g/mol. The molecule has 0 bridgehead atoms. The van der Waals surface area contributed by atoms with Gasteiger partial charge in [0.15, 0.2) is 0 Å². The first kappa shape index (κ1) is 21.1. The molecule has 1 heterocycles. The molecule has 0 radical (unpaired) electrons. The van der Waals surface area contributed by atoms with Crippen LogP contribution in [0.3, 0.4) is 0 Å². The monoisotopic (exact) mass is 408 g/mol. The minimum Gasteiger partial charge on any atom is -0.343 e. The van der Waals surface area contributed by atoms with Crippen LogP contribution in [0.5, 0.6) is 0 Å². The molecule has 1 aromatic carbocycles. The number of nitrogens with one attached hydrogen (secondary N) is 2. The predicted octanol–water partition coefficient (Wildman–Crippen LogP) is 2.32. The molecule has 1 saturated heterocycles. The van der Waals surface area contributed by atoms with Crippen molar-refractivity contribution in [3.05, 3.63) is 35.4 Å². The highest BCUT2D eigenvalue weighted by atomic mass is 19.4. The molecule has 1 saturated carbocycles. The van der Waals surface area contributed by atoms with E-state index in [2.05, 4.69) is 16.7 Å². The maximum absolute atomic E-state index is 12.8. The first-order chi connectivity index (χ1) is 13.8. The van der Waals surface area contributed by atoms with Gasteiger partial charge in [-0.3, -0.25) is 9.59 Å².